The summed E-state index contributed by atoms with van der Waals surface area (Å²) in [7, 11) is 0. The quantitative estimate of drug-likeness (QED) is 0.749. The number of aliphatic hydroxyl groups is 1. The Morgan fingerprint density at radius 3 is 2.28 bits per heavy atom. The van der Waals surface area contributed by atoms with Gasteiger partial charge in [0.25, 0.3) is 0 Å². The van der Waals surface area contributed by atoms with Crippen LogP contribution in [0.3, 0.4) is 0 Å². The Kier molecular flexibility index (Phi) is 4.78. The van der Waals surface area contributed by atoms with Crippen LogP contribution in [-0.4, -0.2) is 26.5 Å². The summed E-state index contributed by atoms with van der Waals surface area (Å²) in [6.07, 6.45) is -4.53. The molecule has 2 aromatic carbocycles. The molecule has 3 aromatic rings. The van der Waals surface area contributed by atoms with Crippen LogP contribution in [-0.2, 0) is 12.7 Å². The average Bonchev–Trinajstić information content (AvgIpc) is 2.98. The Labute approximate surface area is 146 Å². The molecule has 130 valence electrons. The van der Waals surface area contributed by atoms with E-state index in [1.54, 1.807) is 24.3 Å². The summed E-state index contributed by atoms with van der Waals surface area (Å²) < 4.78 is 41.2. The second-order valence-electron chi connectivity index (χ2n) is 5.23. The fourth-order valence-corrected chi connectivity index (χ4v) is 2.69. The van der Waals surface area contributed by atoms with Crippen molar-refractivity contribution in [2.24, 2.45) is 0 Å². The van der Waals surface area contributed by atoms with Gasteiger partial charge in [0, 0.05) is 11.1 Å². The van der Waals surface area contributed by atoms with Crippen molar-refractivity contribution in [2.75, 3.05) is 6.61 Å². The van der Waals surface area contributed by atoms with Crippen LogP contribution in [0.25, 0.3) is 22.8 Å². The van der Waals surface area contributed by atoms with Gasteiger partial charge < -0.3 is 5.11 Å². The van der Waals surface area contributed by atoms with E-state index in [4.69, 9.17) is 11.6 Å². The lowest BCUT2D eigenvalue weighted by atomic mass is 10.1. The van der Waals surface area contributed by atoms with E-state index in [2.05, 4.69) is 10.1 Å². The maximum absolute atomic E-state index is 13.3. The van der Waals surface area contributed by atoms with Crippen molar-refractivity contribution >= 4 is 11.6 Å². The van der Waals surface area contributed by atoms with Crippen LogP contribution >= 0.6 is 11.6 Å². The van der Waals surface area contributed by atoms with E-state index in [9.17, 15) is 18.3 Å². The molecule has 0 bridgehead atoms. The normalized spacial score (nSPS) is 11.7. The van der Waals surface area contributed by atoms with Crippen molar-refractivity contribution in [3.8, 4) is 22.8 Å². The van der Waals surface area contributed by atoms with Gasteiger partial charge in [-0.2, -0.15) is 18.3 Å². The molecule has 0 aliphatic rings. The van der Waals surface area contributed by atoms with E-state index in [0.29, 0.717) is 10.6 Å². The van der Waals surface area contributed by atoms with Gasteiger partial charge in [0.1, 0.15) is 0 Å². The molecule has 0 unspecified atom stereocenters. The first-order chi connectivity index (χ1) is 11.9. The van der Waals surface area contributed by atoms with Crippen LogP contribution in [0.1, 0.15) is 5.56 Å². The van der Waals surface area contributed by atoms with Crippen LogP contribution in [0.5, 0.6) is 0 Å². The average molecular weight is 368 g/mol. The molecule has 1 aromatic heterocycles. The number of benzene rings is 2. The van der Waals surface area contributed by atoms with E-state index in [0.717, 1.165) is 6.07 Å². The molecule has 0 fully saturated rings. The third-order valence-electron chi connectivity index (χ3n) is 3.57. The minimum Gasteiger partial charge on any atom is -0.394 e. The first-order valence-corrected chi connectivity index (χ1v) is 7.77. The fourth-order valence-electron chi connectivity index (χ4n) is 2.47. The Bertz CT molecular complexity index is 893. The van der Waals surface area contributed by atoms with Crippen molar-refractivity contribution < 1.29 is 18.3 Å². The van der Waals surface area contributed by atoms with Crippen molar-refractivity contribution in [2.45, 2.75) is 12.7 Å². The molecule has 0 amide bonds. The van der Waals surface area contributed by atoms with Gasteiger partial charge in [-0.25, -0.2) is 9.67 Å². The molecule has 4 nitrogen and oxygen atoms in total. The van der Waals surface area contributed by atoms with Gasteiger partial charge in [-0.3, -0.25) is 0 Å². The van der Waals surface area contributed by atoms with Crippen LogP contribution in [0.4, 0.5) is 13.2 Å². The standard InChI is InChI=1S/C17H13ClF3N3O/c18-14-8-4-2-6-12(14)15-22-16(24(23-15)9-10-25)11-5-1-3-7-13(11)17(19,20)21/h1-8,25H,9-10H2. The maximum Gasteiger partial charge on any atom is 0.417 e. The minimum absolute atomic E-state index is 0.0129. The highest BCUT2D eigenvalue weighted by molar-refractivity contribution is 6.33. The lowest BCUT2D eigenvalue weighted by molar-refractivity contribution is -0.137. The van der Waals surface area contributed by atoms with E-state index in [1.807, 2.05) is 0 Å². The smallest absolute Gasteiger partial charge is 0.394 e. The van der Waals surface area contributed by atoms with E-state index >= 15 is 0 Å². The number of aliphatic hydroxyl groups excluding tert-OH is 1. The second kappa shape index (κ2) is 6.85. The lowest BCUT2D eigenvalue weighted by Crippen LogP contribution is -2.11. The summed E-state index contributed by atoms with van der Waals surface area (Å²) in [6.45, 7) is -0.272. The summed E-state index contributed by atoms with van der Waals surface area (Å²) in [4.78, 5) is 4.26. The molecule has 0 radical (unpaired) electrons. The summed E-state index contributed by atoms with van der Waals surface area (Å²) in [6, 6.07) is 11.9. The number of aromatic nitrogens is 3. The van der Waals surface area contributed by atoms with Crippen molar-refractivity contribution in [3.63, 3.8) is 0 Å². The summed E-state index contributed by atoms with van der Waals surface area (Å²) in [5.41, 5.74) is -0.409. The predicted molar refractivity (Wildman–Crippen MR) is 88.0 cm³/mol. The molecular formula is C17H13ClF3N3O. The van der Waals surface area contributed by atoms with Gasteiger partial charge in [0.15, 0.2) is 11.6 Å². The molecule has 0 saturated heterocycles. The number of hydrogen-bond donors (Lipinski definition) is 1. The lowest BCUT2D eigenvalue weighted by Gasteiger charge is -2.12. The van der Waals surface area contributed by atoms with Gasteiger partial charge in [-0.05, 0) is 18.2 Å². The highest BCUT2D eigenvalue weighted by atomic mass is 35.5. The second-order valence-corrected chi connectivity index (χ2v) is 5.64. The molecule has 8 heteroatoms. The van der Waals surface area contributed by atoms with Crippen molar-refractivity contribution in [1.82, 2.24) is 14.8 Å². The fraction of sp³-hybridized carbons (Fsp3) is 0.176. The zero-order chi connectivity index (χ0) is 18.0. The molecule has 0 aliphatic heterocycles. The zero-order valence-electron chi connectivity index (χ0n) is 12.8. The maximum atomic E-state index is 13.3. The molecule has 0 aliphatic carbocycles. The molecule has 1 N–H and O–H groups in total. The highest BCUT2D eigenvalue weighted by Crippen LogP contribution is 2.37. The molecule has 25 heavy (non-hydrogen) atoms. The predicted octanol–water partition coefficient (Wildman–Crippen LogP) is 4.28. The first kappa shape index (κ1) is 17.4. The monoisotopic (exact) mass is 367 g/mol. The largest absolute Gasteiger partial charge is 0.417 e. The molecule has 1 heterocycles. The number of nitrogens with zero attached hydrogens (tertiary/aromatic N) is 3. The number of rotatable bonds is 4. The van der Waals surface area contributed by atoms with Crippen LogP contribution in [0.2, 0.25) is 5.02 Å². The van der Waals surface area contributed by atoms with Gasteiger partial charge in [-0.1, -0.05) is 41.9 Å². The molecule has 3 rings (SSSR count). The van der Waals surface area contributed by atoms with Crippen LogP contribution in [0.15, 0.2) is 48.5 Å². The van der Waals surface area contributed by atoms with Gasteiger partial charge in [0.05, 0.1) is 23.7 Å². The third kappa shape index (κ3) is 3.52. The summed E-state index contributed by atoms with van der Waals surface area (Å²) >= 11 is 6.13. The summed E-state index contributed by atoms with van der Waals surface area (Å²) in [5, 5.41) is 13.8. The van der Waals surface area contributed by atoms with E-state index < -0.39 is 11.7 Å². The Morgan fingerprint density at radius 1 is 1.00 bits per heavy atom. The van der Waals surface area contributed by atoms with E-state index in [1.165, 1.54) is 22.9 Å². The van der Waals surface area contributed by atoms with Crippen LogP contribution < -0.4 is 0 Å². The van der Waals surface area contributed by atoms with Gasteiger partial charge in [0.2, 0.25) is 0 Å². The third-order valence-corrected chi connectivity index (χ3v) is 3.90. The van der Waals surface area contributed by atoms with Crippen molar-refractivity contribution in [3.05, 3.63) is 59.1 Å². The number of hydrogen-bond acceptors (Lipinski definition) is 3. The molecule has 0 atom stereocenters. The Balaban J connectivity index is 2.19. The Morgan fingerprint density at radius 2 is 1.64 bits per heavy atom. The molecule has 0 spiro atoms. The van der Waals surface area contributed by atoms with E-state index in [-0.39, 0.29) is 30.4 Å². The topological polar surface area (TPSA) is 50.9 Å². The Hall–Kier alpha value is -2.38. The van der Waals surface area contributed by atoms with Gasteiger partial charge in [-0.15, -0.1) is 0 Å². The molecular weight excluding hydrogens is 355 g/mol. The van der Waals surface area contributed by atoms with Crippen molar-refractivity contribution in [1.29, 1.82) is 0 Å². The highest BCUT2D eigenvalue weighted by Gasteiger charge is 2.34. The van der Waals surface area contributed by atoms with Crippen LogP contribution in [0, 0.1) is 0 Å². The number of alkyl halides is 3. The van der Waals surface area contributed by atoms with Gasteiger partial charge >= 0.3 is 6.18 Å². The number of halogens is 4. The SMILES string of the molecule is OCCn1nc(-c2ccccc2Cl)nc1-c1ccccc1C(F)(F)F. The molecule has 0 saturated carbocycles. The first-order valence-electron chi connectivity index (χ1n) is 7.39. The summed E-state index contributed by atoms with van der Waals surface area (Å²) in [5.74, 6) is 0.225. The zero-order valence-corrected chi connectivity index (χ0v) is 13.6. The minimum atomic E-state index is -4.53.